The number of rotatable bonds is 1. The van der Waals surface area contributed by atoms with Gasteiger partial charge in [0.25, 0.3) is 0 Å². The summed E-state index contributed by atoms with van der Waals surface area (Å²) in [5, 5.41) is 17.9. The molecule has 1 atom stereocenters. The van der Waals surface area contributed by atoms with Crippen LogP contribution in [0.2, 0.25) is 0 Å². The summed E-state index contributed by atoms with van der Waals surface area (Å²) in [7, 11) is 0. The Balaban J connectivity index is 2.33. The molecule has 0 aromatic heterocycles. The number of hydrogen-bond donors (Lipinski definition) is 2. The minimum absolute atomic E-state index is 0.484. The lowest BCUT2D eigenvalue weighted by Gasteiger charge is -2.14. The molecule has 1 aliphatic heterocycles. The van der Waals surface area contributed by atoms with Crippen LogP contribution >= 0.6 is 0 Å². The van der Waals surface area contributed by atoms with Gasteiger partial charge in [-0.1, -0.05) is 0 Å². The van der Waals surface area contributed by atoms with E-state index in [0.717, 1.165) is 11.5 Å². The lowest BCUT2D eigenvalue weighted by Crippen LogP contribution is -2.29. The molecule has 0 aromatic carbocycles. The SMILES string of the molecule is O=C(O)OC1CCCN1O. The summed E-state index contributed by atoms with van der Waals surface area (Å²) in [5.41, 5.74) is 0. The quantitative estimate of drug-likeness (QED) is 0.528. The Morgan fingerprint density at radius 3 is 2.80 bits per heavy atom. The van der Waals surface area contributed by atoms with E-state index in [-0.39, 0.29) is 0 Å². The molecule has 5 nitrogen and oxygen atoms in total. The van der Waals surface area contributed by atoms with E-state index in [2.05, 4.69) is 4.74 Å². The Morgan fingerprint density at radius 2 is 2.40 bits per heavy atom. The molecule has 58 valence electrons. The number of hydrogen-bond acceptors (Lipinski definition) is 4. The molecule has 1 rings (SSSR count). The first-order chi connectivity index (χ1) is 4.70. The molecule has 1 aliphatic rings. The summed E-state index contributed by atoms with van der Waals surface area (Å²) in [4.78, 5) is 9.94. The van der Waals surface area contributed by atoms with Gasteiger partial charge in [-0.25, -0.2) is 4.79 Å². The zero-order valence-corrected chi connectivity index (χ0v) is 5.36. The molecule has 1 unspecified atom stereocenters. The maximum Gasteiger partial charge on any atom is 0.507 e. The molecule has 0 amide bonds. The van der Waals surface area contributed by atoms with Gasteiger partial charge in [-0.2, -0.15) is 5.06 Å². The van der Waals surface area contributed by atoms with Gasteiger partial charge in [0.05, 0.1) is 0 Å². The van der Waals surface area contributed by atoms with Gasteiger partial charge < -0.3 is 15.1 Å². The van der Waals surface area contributed by atoms with Gasteiger partial charge in [0, 0.05) is 13.0 Å². The summed E-state index contributed by atoms with van der Waals surface area (Å²) in [6.45, 7) is 0.484. The van der Waals surface area contributed by atoms with Crippen molar-refractivity contribution in [2.45, 2.75) is 19.1 Å². The molecule has 2 N–H and O–H groups in total. The zero-order chi connectivity index (χ0) is 7.56. The van der Waals surface area contributed by atoms with Gasteiger partial charge in [-0.15, -0.1) is 0 Å². The highest BCUT2D eigenvalue weighted by Crippen LogP contribution is 2.14. The number of carboxylic acid groups (broad SMARTS) is 1. The molecular formula is C5H9NO4. The van der Waals surface area contributed by atoms with Crippen molar-refractivity contribution in [1.82, 2.24) is 5.06 Å². The highest BCUT2D eigenvalue weighted by molar-refractivity contribution is 5.57. The second-order valence-corrected chi connectivity index (χ2v) is 2.14. The van der Waals surface area contributed by atoms with Crippen LogP contribution in [0.4, 0.5) is 4.79 Å². The van der Waals surface area contributed by atoms with Crippen LogP contribution in [0.3, 0.4) is 0 Å². The van der Waals surface area contributed by atoms with Gasteiger partial charge in [-0.3, -0.25) is 0 Å². The lowest BCUT2D eigenvalue weighted by atomic mass is 10.4. The van der Waals surface area contributed by atoms with Crippen molar-refractivity contribution >= 4 is 6.16 Å². The van der Waals surface area contributed by atoms with E-state index in [0.29, 0.717) is 13.0 Å². The molecule has 1 fully saturated rings. The van der Waals surface area contributed by atoms with Gasteiger partial charge in [0.15, 0.2) is 6.23 Å². The Bertz CT molecular complexity index is 138. The van der Waals surface area contributed by atoms with Crippen molar-refractivity contribution in [3.8, 4) is 0 Å². The average Bonchev–Trinajstić information content (AvgIpc) is 2.15. The van der Waals surface area contributed by atoms with E-state index in [1.165, 1.54) is 0 Å². The first-order valence-corrected chi connectivity index (χ1v) is 3.05. The summed E-state index contributed by atoms with van der Waals surface area (Å²) in [5.74, 6) is 0. The number of hydroxylamine groups is 2. The van der Waals surface area contributed by atoms with Crippen LogP contribution in [0.25, 0.3) is 0 Å². The van der Waals surface area contributed by atoms with Crippen molar-refractivity contribution in [2.24, 2.45) is 0 Å². The molecule has 0 aliphatic carbocycles. The lowest BCUT2D eigenvalue weighted by molar-refractivity contribution is -0.176. The predicted octanol–water partition coefficient (Wildman–Crippen LogP) is 0.492. The first kappa shape index (κ1) is 7.30. The molecule has 0 saturated carbocycles. The monoisotopic (exact) mass is 147 g/mol. The maximum atomic E-state index is 9.94. The molecule has 1 heterocycles. The van der Waals surface area contributed by atoms with Crippen molar-refractivity contribution in [3.63, 3.8) is 0 Å². The molecule has 0 radical (unpaired) electrons. The number of nitrogens with zero attached hydrogens (tertiary/aromatic N) is 1. The van der Waals surface area contributed by atoms with Gasteiger partial charge in [-0.05, 0) is 6.42 Å². The van der Waals surface area contributed by atoms with E-state index in [9.17, 15) is 4.79 Å². The second-order valence-electron chi connectivity index (χ2n) is 2.14. The summed E-state index contributed by atoms with van der Waals surface area (Å²) >= 11 is 0. The van der Waals surface area contributed by atoms with Crippen LogP contribution in [-0.4, -0.2) is 34.3 Å². The summed E-state index contributed by atoms with van der Waals surface area (Å²) in [6, 6.07) is 0. The predicted molar refractivity (Wildman–Crippen MR) is 30.6 cm³/mol. The minimum atomic E-state index is -1.34. The van der Waals surface area contributed by atoms with E-state index < -0.39 is 12.4 Å². The largest absolute Gasteiger partial charge is 0.507 e. The molecule has 10 heavy (non-hydrogen) atoms. The van der Waals surface area contributed by atoms with E-state index >= 15 is 0 Å². The second kappa shape index (κ2) is 2.85. The number of carbonyl (C=O) groups is 1. The van der Waals surface area contributed by atoms with E-state index in [1.807, 2.05) is 0 Å². The highest BCUT2D eigenvalue weighted by Gasteiger charge is 2.25. The van der Waals surface area contributed by atoms with Crippen LogP contribution in [0.1, 0.15) is 12.8 Å². The van der Waals surface area contributed by atoms with E-state index in [1.54, 1.807) is 0 Å². The fraction of sp³-hybridized carbons (Fsp3) is 0.800. The van der Waals surface area contributed by atoms with Gasteiger partial charge >= 0.3 is 6.16 Å². The highest BCUT2D eigenvalue weighted by atomic mass is 16.7. The third-order valence-corrected chi connectivity index (χ3v) is 1.41. The maximum absolute atomic E-state index is 9.94. The van der Waals surface area contributed by atoms with Crippen LogP contribution in [0, 0.1) is 0 Å². The normalized spacial score (nSPS) is 26.7. The Labute approximate surface area is 57.8 Å². The Kier molecular flexibility index (Phi) is 2.08. The van der Waals surface area contributed by atoms with Crippen molar-refractivity contribution in [1.29, 1.82) is 0 Å². The van der Waals surface area contributed by atoms with Crippen LogP contribution in [-0.2, 0) is 4.74 Å². The standard InChI is InChI=1S/C5H9NO4/c7-5(8)10-4-2-1-3-6(4)9/h4,9H,1-3H2,(H,7,8). The fourth-order valence-corrected chi connectivity index (χ4v) is 0.957. The average molecular weight is 147 g/mol. The van der Waals surface area contributed by atoms with Crippen LogP contribution in [0.15, 0.2) is 0 Å². The van der Waals surface area contributed by atoms with Gasteiger partial charge in [0.1, 0.15) is 0 Å². The summed E-state index contributed by atoms with van der Waals surface area (Å²) in [6.07, 6.45) is -0.652. The first-order valence-electron chi connectivity index (χ1n) is 3.05. The van der Waals surface area contributed by atoms with Crippen LogP contribution in [0.5, 0.6) is 0 Å². The van der Waals surface area contributed by atoms with Crippen LogP contribution < -0.4 is 0 Å². The zero-order valence-electron chi connectivity index (χ0n) is 5.36. The summed E-state index contributed by atoms with van der Waals surface area (Å²) < 4.78 is 4.32. The molecule has 0 bridgehead atoms. The fourth-order valence-electron chi connectivity index (χ4n) is 0.957. The molecule has 5 heteroatoms. The third-order valence-electron chi connectivity index (χ3n) is 1.41. The number of ether oxygens (including phenoxy) is 1. The van der Waals surface area contributed by atoms with E-state index in [4.69, 9.17) is 10.3 Å². The van der Waals surface area contributed by atoms with Crippen molar-refractivity contribution in [2.75, 3.05) is 6.54 Å². The third kappa shape index (κ3) is 1.58. The Hall–Kier alpha value is -0.810. The topological polar surface area (TPSA) is 70.0 Å². The smallest absolute Gasteiger partial charge is 0.450 e. The molecule has 0 aromatic rings. The van der Waals surface area contributed by atoms with Crippen molar-refractivity contribution in [3.05, 3.63) is 0 Å². The molecule has 0 spiro atoms. The van der Waals surface area contributed by atoms with Gasteiger partial charge in [0.2, 0.25) is 0 Å². The molecular weight excluding hydrogens is 138 g/mol. The molecule has 1 saturated heterocycles. The Morgan fingerprint density at radius 1 is 1.70 bits per heavy atom. The minimum Gasteiger partial charge on any atom is -0.450 e. The van der Waals surface area contributed by atoms with Crippen molar-refractivity contribution < 1.29 is 19.8 Å².